The molecule has 3 aromatic carbocycles. The maximum absolute atomic E-state index is 13.8. The van der Waals surface area contributed by atoms with Crippen LogP contribution in [0, 0.1) is 17.5 Å². The number of ether oxygens (including phenoxy) is 3. The van der Waals surface area contributed by atoms with Crippen molar-refractivity contribution in [3.05, 3.63) is 141 Å². The van der Waals surface area contributed by atoms with Gasteiger partial charge in [-0.3, -0.25) is 28.4 Å². The Kier molecular flexibility index (Phi) is 46.4. The third kappa shape index (κ3) is 30.9. The van der Waals surface area contributed by atoms with E-state index in [4.69, 9.17) is 30.6 Å². The summed E-state index contributed by atoms with van der Waals surface area (Å²) in [6.07, 6.45) is -0.966. The van der Waals surface area contributed by atoms with E-state index in [1.807, 2.05) is 4.93 Å². The standard InChI is InChI=1S/C19H21F4N3O4S.C18H19F4N3O4S.C11H17N3O2.C7H3ClF4O2S.C3H7I.CH3I.CH4S.5CH4/c1-3-30-18(27)11-26-17-6-4-5-16(15(17)10-24-26)25(2)31(28,29)14-8-12(19(21,22)23)7-13(20)9-14;1-2-29-17(26)10-25-16-5-3-4-15(14(16)9-23-25)24-30(27,28)13-7-11(18(20,21)22)6-12(19)8-13;1-2-16-11(15)7-14-10-5-3-4-9(12)8(10)6-13-14;8-15(13,14)6-2-4(7(10,11)12)1-5(9)3-6;1-2-3-4;2*1-2;;;;;/h7-10,16H,3-6,11H2,1-2H3;6-9,15,24H,2-5,10H2,1H3;6,9H,2-5,7,12H2,1H3;1-3H;2-3H2,1H3;1H3;2H,1H3;5*1H4/t16-;15-;9-;;;;;;;;;/m111........./s1. The summed E-state index contributed by atoms with van der Waals surface area (Å²) in [5.74, 6) is -5.15. The molecule has 40 heteroatoms. The first-order chi connectivity index (χ1) is 46.7. The Labute approximate surface area is 645 Å². The highest BCUT2D eigenvalue weighted by Crippen LogP contribution is 2.40. The number of alkyl halides is 11. The summed E-state index contributed by atoms with van der Waals surface area (Å²) in [5.41, 5.74) is 6.33. The lowest BCUT2D eigenvalue weighted by atomic mass is 9.93. The highest BCUT2D eigenvalue weighted by molar-refractivity contribution is 14.1. The highest BCUT2D eigenvalue weighted by Gasteiger charge is 2.39. The molecular formula is C65H94ClF12I2N9O12S4. The number of carbonyl (C=O) groups is 3. The zero-order valence-corrected chi connectivity index (χ0v) is 63.0. The topological polar surface area (TPSA) is 276 Å². The van der Waals surface area contributed by atoms with Gasteiger partial charge in [-0.1, -0.05) is 89.2 Å². The Balaban J connectivity index is -0.00000130. The Bertz CT molecular complexity index is 4040. The third-order valence-corrected chi connectivity index (χ3v) is 20.1. The number of rotatable bonds is 17. The van der Waals surface area contributed by atoms with Crippen molar-refractivity contribution in [2.75, 3.05) is 42.5 Å². The van der Waals surface area contributed by atoms with Crippen LogP contribution < -0.4 is 10.5 Å². The number of nitrogens with zero attached hydrogens (tertiary/aromatic N) is 7. The number of nitrogens with one attached hydrogen (secondary N) is 1. The Morgan fingerprint density at radius 1 is 0.562 bits per heavy atom. The van der Waals surface area contributed by atoms with Crippen LogP contribution in [0.5, 0.6) is 0 Å². The number of sulfonamides is 2. The minimum Gasteiger partial charge on any atom is -0.465 e. The number of thiol groups is 1. The number of benzene rings is 3. The number of esters is 3. The molecule has 6 aromatic rings. The van der Waals surface area contributed by atoms with Gasteiger partial charge in [0, 0.05) is 57.5 Å². The molecule has 3 atom stereocenters. The number of aromatic nitrogens is 6. The number of nitrogens with two attached hydrogens (primary N) is 1. The molecule has 3 N–H and O–H groups in total. The molecule has 3 aliphatic carbocycles. The van der Waals surface area contributed by atoms with Gasteiger partial charge in [0.1, 0.15) is 37.1 Å². The SMILES string of the molecule is C.C.C.C.C.CCCI.CCOC(=O)Cn1ncc2c1CCC[C@H]2N.CCOC(=O)Cn1ncc2c1CCC[C@H]2N(C)S(=O)(=O)c1cc(F)cc(C(F)(F)F)c1.CCOC(=O)Cn1ncc2c1CCC[C@H]2NS(=O)(=O)c1cc(F)cc(C(F)(F)F)c1.CI.CS.O=S(=O)(Cl)c1cc(F)cc(C(F)(F)F)c1. The molecule has 0 saturated carbocycles. The Morgan fingerprint density at radius 3 is 1.27 bits per heavy atom. The van der Waals surface area contributed by atoms with Crippen LogP contribution >= 0.6 is 68.5 Å². The number of carbonyl (C=O) groups excluding carboxylic acids is 3. The molecule has 3 heterocycles. The van der Waals surface area contributed by atoms with E-state index in [0.29, 0.717) is 98.0 Å². The molecule has 0 fully saturated rings. The monoisotopic (exact) mass is 1840 g/mol. The fourth-order valence-electron chi connectivity index (χ4n) is 9.98. The normalized spacial score (nSPS) is 15.0. The molecule has 9 rings (SSSR count). The van der Waals surface area contributed by atoms with Gasteiger partial charge in [-0.05, 0) is 155 Å². The van der Waals surface area contributed by atoms with Crippen LogP contribution in [0.3, 0.4) is 0 Å². The van der Waals surface area contributed by atoms with Crippen molar-refractivity contribution in [3.8, 4) is 0 Å². The molecule has 0 unspecified atom stereocenters. The fourth-order valence-corrected chi connectivity index (χ4v) is 13.5. The van der Waals surface area contributed by atoms with E-state index in [1.165, 1.54) is 39.7 Å². The second-order valence-corrected chi connectivity index (χ2v) is 28.5. The molecule has 0 radical (unpaired) electrons. The molecule has 3 aromatic heterocycles. The van der Waals surface area contributed by atoms with Crippen LogP contribution in [0.15, 0.2) is 87.9 Å². The van der Waals surface area contributed by atoms with E-state index in [9.17, 15) is 92.3 Å². The summed E-state index contributed by atoms with van der Waals surface area (Å²) in [5, 5.41) is 12.5. The lowest BCUT2D eigenvalue weighted by Crippen LogP contribution is -2.33. The molecule has 0 aliphatic heterocycles. The Hall–Kier alpha value is -5.31. The van der Waals surface area contributed by atoms with Gasteiger partial charge in [0.2, 0.25) is 20.0 Å². The van der Waals surface area contributed by atoms with Crippen LogP contribution in [0.25, 0.3) is 0 Å². The zero-order valence-electron chi connectivity index (χ0n) is 54.6. The molecular weight excluding hydrogens is 1740 g/mol. The first kappa shape index (κ1) is 104. The van der Waals surface area contributed by atoms with E-state index in [-0.39, 0.29) is 106 Å². The first-order valence-electron chi connectivity index (χ1n) is 30.0. The van der Waals surface area contributed by atoms with E-state index < -0.39 is 120 Å². The minimum atomic E-state index is -4.89. The van der Waals surface area contributed by atoms with Gasteiger partial charge in [-0.15, -0.1) is 0 Å². The van der Waals surface area contributed by atoms with E-state index in [2.05, 4.69) is 84.8 Å². The largest absolute Gasteiger partial charge is 0.465 e. The highest BCUT2D eigenvalue weighted by atomic mass is 127. The molecule has 600 valence electrons. The van der Waals surface area contributed by atoms with Crippen LogP contribution in [0.1, 0.15) is 178 Å². The second kappa shape index (κ2) is 46.9. The van der Waals surface area contributed by atoms with Crippen molar-refractivity contribution >= 4 is 115 Å². The van der Waals surface area contributed by atoms with Crippen LogP contribution in [0.4, 0.5) is 52.7 Å². The lowest BCUT2D eigenvalue weighted by Gasteiger charge is -2.31. The van der Waals surface area contributed by atoms with Gasteiger partial charge in [0.25, 0.3) is 9.05 Å². The minimum absolute atomic E-state index is 0. The number of fused-ring (bicyclic) bond motifs is 3. The van der Waals surface area contributed by atoms with E-state index >= 15 is 0 Å². The van der Waals surface area contributed by atoms with Gasteiger partial charge in [-0.25, -0.2) is 43.1 Å². The zero-order chi connectivity index (χ0) is 75.9. The maximum Gasteiger partial charge on any atom is 0.416 e. The van der Waals surface area contributed by atoms with Gasteiger partial charge < -0.3 is 19.9 Å². The van der Waals surface area contributed by atoms with Crippen LogP contribution in [0.2, 0.25) is 0 Å². The fraction of sp³-hybridized carbons (Fsp3) is 0.538. The predicted molar refractivity (Wildman–Crippen MR) is 398 cm³/mol. The van der Waals surface area contributed by atoms with Crippen LogP contribution in [-0.4, -0.2) is 119 Å². The molecule has 21 nitrogen and oxygen atoms in total. The van der Waals surface area contributed by atoms with Crippen molar-refractivity contribution in [1.82, 2.24) is 38.4 Å². The molecule has 0 amide bonds. The van der Waals surface area contributed by atoms with E-state index in [0.717, 1.165) is 34.8 Å². The first-order valence-corrected chi connectivity index (χ1v) is 39.8. The van der Waals surface area contributed by atoms with Crippen molar-refractivity contribution in [1.29, 1.82) is 0 Å². The number of hydrogen-bond acceptors (Lipinski definition) is 17. The molecule has 105 heavy (non-hydrogen) atoms. The third-order valence-electron chi connectivity index (χ3n) is 14.3. The predicted octanol–water partition coefficient (Wildman–Crippen LogP) is 16.4. The quantitative estimate of drug-likeness (QED) is 0.0146. The molecule has 0 saturated heterocycles. The maximum atomic E-state index is 13.8. The summed E-state index contributed by atoms with van der Waals surface area (Å²) in [7, 11) is -7.25. The van der Waals surface area contributed by atoms with Gasteiger partial charge in [0.15, 0.2) is 0 Å². The summed E-state index contributed by atoms with van der Waals surface area (Å²) < 4.78 is 251. The van der Waals surface area contributed by atoms with Gasteiger partial charge in [0.05, 0.1) is 81.9 Å². The average molecular weight is 1840 g/mol. The lowest BCUT2D eigenvalue weighted by molar-refractivity contribution is -0.145. The number of halogens is 15. The second-order valence-electron chi connectivity index (χ2n) is 21.2. The number of hydrogen-bond donors (Lipinski definition) is 3. The smallest absolute Gasteiger partial charge is 0.416 e. The molecule has 0 bridgehead atoms. The molecule has 0 spiro atoms. The van der Waals surface area contributed by atoms with Gasteiger partial charge >= 0.3 is 36.4 Å². The van der Waals surface area contributed by atoms with E-state index in [1.54, 1.807) is 37.9 Å². The summed E-state index contributed by atoms with van der Waals surface area (Å²) in [4.78, 5) is 34.3. The van der Waals surface area contributed by atoms with Crippen LogP contribution in [-0.2, 0) is 115 Å². The summed E-state index contributed by atoms with van der Waals surface area (Å²) in [6.45, 7) is 8.04. The average Bonchev–Trinajstić information content (AvgIpc) is 1.76. The van der Waals surface area contributed by atoms with Crippen molar-refractivity contribution in [3.63, 3.8) is 0 Å². The Morgan fingerprint density at radius 2 is 0.886 bits per heavy atom. The summed E-state index contributed by atoms with van der Waals surface area (Å²) >= 11 is 8.03. The summed E-state index contributed by atoms with van der Waals surface area (Å²) in [6, 6.07) is 1.83. The van der Waals surface area contributed by atoms with Crippen molar-refractivity contribution < 1.29 is 107 Å². The van der Waals surface area contributed by atoms with Crippen molar-refractivity contribution in [2.24, 2.45) is 5.73 Å². The molecule has 3 aliphatic rings. The van der Waals surface area contributed by atoms with Gasteiger partial charge in [-0.2, -0.15) is 71.7 Å². The van der Waals surface area contributed by atoms with Crippen molar-refractivity contribution in [2.45, 2.75) is 200 Å².